The van der Waals surface area contributed by atoms with Crippen molar-refractivity contribution >= 4 is 11.7 Å². The number of hydrogen-bond donors (Lipinski definition) is 2. The predicted octanol–water partition coefficient (Wildman–Crippen LogP) is 2.94. The first kappa shape index (κ1) is 17.3. The molecule has 0 radical (unpaired) electrons. The molecule has 21 heavy (non-hydrogen) atoms. The number of methoxy groups -OCH3 is 1. The molecule has 2 N–H and O–H groups in total. The van der Waals surface area contributed by atoms with Gasteiger partial charge in [-0.05, 0) is 38.6 Å². The molecular weight excluding hydrogens is 266 g/mol. The number of likely N-dealkylation sites (tertiary alicyclic amines) is 1. The molecule has 1 fully saturated rings. The number of carbonyl (C=O) groups is 1. The maximum atomic E-state index is 11.9. The third kappa shape index (κ3) is 6.04. The van der Waals surface area contributed by atoms with Crippen LogP contribution in [-0.2, 0) is 0 Å². The zero-order valence-corrected chi connectivity index (χ0v) is 13.5. The predicted molar refractivity (Wildman–Crippen MR) is 87.0 cm³/mol. The first-order chi connectivity index (χ1) is 10.2. The molecule has 2 amide bonds. The molecule has 2 rings (SSSR count). The van der Waals surface area contributed by atoms with Gasteiger partial charge in [-0.1, -0.05) is 19.9 Å². The smallest absolute Gasteiger partial charge is 0.319 e. The molecule has 0 spiro atoms. The number of amides is 2. The van der Waals surface area contributed by atoms with E-state index < -0.39 is 0 Å². The van der Waals surface area contributed by atoms with Crippen LogP contribution in [0, 0.1) is 0 Å². The molecule has 1 heterocycles. The van der Waals surface area contributed by atoms with Crippen molar-refractivity contribution in [1.82, 2.24) is 10.2 Å². The molecule has 118 valence electrons. The van der Waals surface area contributed by atoms with Crippen LogP contribution in [0.15, 0.2) is 24.3 Å². The van der Waals surface area contributed by atoms with Gasteiger partial charge in [0.25, 0.3) is 0 Å². The summed E-state index contributed by atoms with van der Waals surface area (Å²) in [4.78, 5) is 14.1. The Kier molecular flexibility index (Phi) is 7.61. The molecule has 5 heteroatoms. The number of rotatable bonds is 3. The first-order valence-corrected chi connectivity index (χ1v) is 7.57. The van der Waals surface area contributed by atoms with Crippen molar-refractivity contribution in [1.29, 1.82) is 0 Å². The van der Waals surface area contributed by atoms with Gasteiger partial charge in [-0.25, -0.2) is 4.79 Å². The largest absolute Gasteiger partial charge is 0.497 e. The van der Waals surface area contributed by atoms with Gasteiger partial charge >= 0.3 is 6.03 Å². The summed E-state index contributed by atoms with van der Waals surface area (Å²) in [5.41, 5.74) is 0.737. The normalized spacial score (nSPS) is 18.2. The van der Waals surface area contributed by atoms with Gasteiger partial charge in [0.15, 0.2) is 0 Å². The van der Waals surface area contributed by atoms with Gasteiger partial charge in [-0.15, -0.1) is 0 Å². The zero-order chi connectivity index (χ0) is 15.7. The zero-order valence-electron chi connectivity index (χ0n) is 13.5. The number of nitrogens with zero attached hydrogens (tertiary/aromatic N) is 1. The lowest BCUT2D eigenvalue weighted by atomic mass is 10.1. The number of urea groups is 1. The monoisotopic (exact) mass is 293 g/mol. The second kappa shape index (κ2) is 9.23. The summed E-state index contributed by atoms with van der Waals surface area (Å²) in [5.74, 6) is 0.732. The minimum absolute atomic E-state index is 0.159. The van der Waals surface area contributed by atoms with E-state index >= 15 is 0 Å². The summed E-state index contributed by atoms with van der Waals surface area (Å²) < 4.78 is 5.12. The van der Waals surface area contributed by atoms with Gasteiger partial charge in [-0.2, -0.15) is 0 Å². The van der Waals surface area contributed by atoms with Gasteiger partial charge in [0.1, 0.15) is 5.75 Å². The van der Waals surface area contributed by atoms with Crippen LogP contribution in [0.5, 0.6) is 5.75 Å². The van der Waals surface area contributed by atoms with Crippen LogP contribution in [0.1, 0.15) is 26.7 Å². The van der Waals surface area contributed by atoms with Crippen LogP contribution in [0.2, 0.25) is 0 Å². The van der Waals surface area contributed by atoms with Gasteiger partial charge in [0.05, 0.1) is 7.11 Å². The molecule has 1 aromatic carbocycles. The minimum Gasteiger partial charge on any atom is -0.497 e. The average Bonchev–Trinajstić information content (AvgIpc) is 2.49. The highest BCUT2D eigenvalue weighted by molar-refractivity contribution is 5.89. The number of benzene rings is 1. The number of piperidine rings is 1. The molecule has 0 saturated carbocycles. The topological polar surface area (TPSA) is 53.6 Å². The van der Waals surface area contributed by atoms with Crippen molar-refractivity contribution in [3.05, 3.63) is 24.3 Å². The van der Waals surface area contributed by atoms with E-state index in [1.54, 1.807) is 13.2 Å². The lowest BCUT2D eigenvalue weighted by Gasteiger charge is -2.30. The summed E-state index contributed by atoms with van der Waals surface area (Å²) in [6.07, 6.45) is 2.16. The van der Waals surface area contributed by atoms with Gasteiger partial charge in [0, 0.05) is 24.3 Å². The number of nitrogens with one attached hydrogen (secondary N) is 2. The molecule has 1 atom stereocenters. The molecule has 0 unspecified atom stereocenters. The standard InChI is InChI=1S/C14H21N3O2.C2H6/c1-17-8-4-6-12(10-17)16-14(18)15-11-5-3-7-13(9-11)19-2;1-2/h3,5,7,9,12H,4,6,8,10H2,1-2H3,(H2,15,16,18);1-2H3/t12-;/m1./s1. The number of anilines is 1. The van der Waals surface area contributed by atoms with Crippen molar-refractivity contribution in [3.8, 4) is 5.75 Å². The van der Waals surface area contributed by atoms with E-state index in [0.29, 0.717) is 0 Å². The van der Waals surface area contributed by atoms with E-state index in [9.17, 15) is 4.79 Å². The Morgan fingerprint density at radius 2 is 2.14 bits per heavy atom. The van der Waals surface area contributed by atoms with E-state index in [1.807, 2.05) is 32.0 Å². The fraction of sp³-hybridized carbons (Fsp3) is 0.562. The first-order valence-electron chi connectivity index (χ1n) is 7.57. The van der Waals surface area contributed by atoms with Crippen LogP contribution in [0.3, 0.4) is 0 Å². The Morgan fingerprint density at radius 3 is 2.81 bits per heavy atom. The maximum Gasteiger partial charge on any atom is 0.319 e. The van der Waals surface area contributed by atoms with Gasteiger partial charge < -0.3 is 20.3 Å². The van der Waals surface area contributed by atoms with E-state index in [2.05, 4.69) is 22.6 Å². The fourth-order valence-corrected chi connectivity index (χ4v) is 2.34. The molecule has 5 nitrogen and oxygen atoms in total. The summed E-state index contributed by atoms with van der Waals surface area (Å²) in [7, 11) is 3.69. The molecule has 1 aliphatic rings. The molecule has 1 saturated heterocycles. The number of likely N-dealkylation sites (N-methyl/N-ethyl adjacent to an activating group) is 1. The van der Waals surface area contributed by atoms with Crippen LogP contribution in [0.4, 0.5) is 10.5 Å². The SMILES string of the molecule is CC.COc1cccc(NC(=O)N[C@@H]2CCCN(C)C2)c1. The number of ether oxygens (including phenoxy) is 1. The highest BCUT2D eigenvalue weighted by Gasteiger charge is 2.18. The van der Waals surface area contributed by atoms with Gasteiger partial charge in [-0.3, -0.25) is 0 Å². The highest BCUT2D eigenvalue weighted by Crippen LogP contribution is 2.16. The van der Waals surface area contributed by atoms with Crippen LogP contribution in [0.25, 0.3) is 0 Å². The molecule has 0 bridgehead atoms. The van der Waals surface area contributed by atoms with Crippen LogP contribution >= 0.6 is 0 Å². The van der Waals surface area contributed by atoms with E-state index in [1.165, 1.54) is 0 Å². The van der Waals surface area contributed by atoms with Crippen molar-refractivity contribution in [2.75, 3.05) is 32.6 Å². The van der Waals surface area contributed by atoms with Crippen molar-refractivity contribution in [2.45, 2.75) is 32.7 Å². The highest BCUT2D eigenvalue weighted by atomic mass is 16.5. The quantitative estimate of drug-likeness (QED) is 0.901. The molecule has 0 aromatic heterocycles. The van der Waals surface area contributed by atoms with Crippen molar-refractivity contribution in [3.63, 3.8) is 0 Å². The summed E-state index contributed by atoms with van der Waals surface area (Å²) in [6.45, 7) is 6.02. The Balaban J connectivity index is 0.00000106. The Labute approximate surface area is 127 Å². The van der Waals surface area contributed by atoms with E-state index in [0.717, 1.165) is 37.4 Å². The average molecular weight is 293 g/mol. The third-order valence-corrected chi connectivity index (χ3v) is 3.29. The molecule has 1 aromatic rings. The van der Waals surface area contributed by atoms with E-state index in [-0.39, 0.29) is 12.1 Å². The van der Waals surface area contributed by atoms with E-state index in [4.69, 9.17) is 4.74 Å². The molecular formula is C16H27N3O2. The Morgan fingerprint density at radius 1 is 1.38 bits per heavy atom. The third-order valence-electron chi connectivity index (χ3n) is 3.29. The molecule has 0 aliphatic carbocycles. The summed E-state index contributed by atoms with van der Waals surface area (Å²) >= 11 is 0. The van der Waals surface area contributed by atoms with Crippen molar-refractivity contribution in [2.24, 2.45) is 0 Å². The summed E-state index contributed by atoms with van der Waals surface area (Å²) in [5, 5.41) is 5.83. The second-order valence-electron chi connectivity index (χ2n) is 4.93. The maximum absolute atomic E-state index is 11.9. The lowest BCUT2D eigenvalue weighted by molar-refractivity contribution is 0.216. The Hall–Kier alpha value is -1.75. The number of carbonyl (C=O) groups excluding carboxylic acids is 1. The Bertz CT molecular complexity index is 437. The molecule has 1 aliphatic heterocycles. The van der Waals surface area contributed by atoms with Gasteiger partial charge in [0.2, 0.25) is 0 Å². The second-order valence-corrected chi connectivity index (χ2v) is 4.93. The van der Waals surface area contributed by atoms with Crippen LogP contribution in [-0.4, -0.2) is 44.2 Å². The minimum atomic E-state index is -0.159. The van der Waals surface area contributed by atoms with Crippen LogP contribution < -0.4 is 15.4 Å². The fourth-order valence-electron chi connectivity index (χ4n) is 2.34. The van der Waals surface area contributed by atoms with Crippen molar-refractivity contribution < 1.29 is 9.53 Å². The number of hydrogen-bond acceptors (Lipinski definition) is 3. The summed E-state index contributed by atoms with van der Waals surface area (Å²) in [6, 6.07) is 7.40. The lowest BCUT2D eigenvalue weighted by Crippen LogP contribution is -2.47.